The fourth-order valence-corrected chi connectivity index (χ4v) is 5.66. The van der Waals surface area contributed by atoms with Crippen LogP contribution in [-0.2, 0) is 27.7 Å². The fourth-order valence-electron chi connectivity index (χ4n) is 4.96. The van der Waals surface area contributed by atoms with E-state index in [-0.39, 0.29) is 42.4 Å². The van der Waals surface area contributed by atoms with Gasteiger partial charge in [0.25, 0.3) is 0 Å². The topological polar surface area (TPSA) is 105 Å². The van der Waals surface area contributed by atoms with E-state index in [0.717, 1.165) is 11.3 Å². The minimum atomic E-state index is -3.24. The number of nitrogens with zero attached hydrogens (tertiary/aromatic N) is 4. The van der Waals surface area contributed by atoms with Gasteiger partial charge in [-0.2, -0.15) is 0 Å². The zero-order valence-electron chi connectivity index (χ0n) is 22.6. The second-order valence-electron chi connectivity index (χ2n) is 10.2. The average Bonchev–Trinajstić information content (AvgIpc) is 3.34. The summed E-state index contributed by atoms with van der Waals surface area (Å²) in [5.74, 6) is 0.407. The third-order valence-electron chi connectivity index (χ3n) is 6.98. The first-order chi connectivity index (χ1) is 19.6. The Labute approximate surface area is 238 Å². The molecule has 214 valence electrons. The van der Waals surface area contributed by atoms with E-state index >= 15 is 0 Å². The van der Waals surface area contributed by atoms with Crippen molar-refractivity contribution in [2.45, 2.75) is 25.6 Å². The summed E-state index contributed by atoms with van der Waals surface area (Å²) in [4.78, 5) is 21.4. The van der Waals surface area contributed by atoms with E-state index in [1.54, 1.807) is 59.9 Å². The van der Waals surface area contributed by atoms with Gasteiger partial charge in [0.15, 0.2) is 5.75 Å². The van der Waals surface area contributed by atoms with Crippen LogP contribution in [0.4, 0.5) is 10.1 Å². The van der Waals surface area contributed by atoms with Crippen LogP contribution < -0.4 is 9.64 Å². The van der Waals surface area contributed by atoms with Crippen molar-refractivity contribution in [2.24, 2.45) is 0 Å². The summed E-state index contributed by atoms with van der Waals surface area (Å²) < 4.78 is 45.9. The molecule has 2 heterocycles. The normalized spacial score (nSPS) is 16.2. The van der Waals surface area contributed by atoms with Gasteiger partial charge >= 0.3 is 0 Å². The van der Waals surface area contributed by atoms with Crippen LogP contribution in [0.1, 0.15) is 17.7 Å². The SMILES string of the molecule is CS(=O)(=O)CC[C@H]1CN(c2ccccc2Oc2cccc(O)c2)C(=O)CN1Cc1cncn1Cc1cccc(F)c1. The number of piperazine rings is 1. The Morgan fingerprint density at radius 1 is 1.05 bits per heavy atom. The summed E-state index contributed by atoms with van der Waals surface area (Å²) in [5.41, 5.74) is 2.16. The molecule has 0 aliphatic carbocycles. The van der Waals surface area contributed by atoms with E-state index in [4.69, 9.17) is 4.74 Å². The van der Waals surface area contributed by atoms with E-state index in [1.165, 1.54) is 30.5 Å². The van der Waals surface area contributed by atoms with E-state index in [1.807, 2.05) is 15.5 Å². The summed E-state index contributed by atoms with van der Waals surface area (Å²) in [5, 5.41) is 9.84. The molecule has 5 rings (SSSR count). The highest BCUT2D eigenvalue weighted by atomic mass is 32.2. The summed E-state index contributed by atoms with van der Waals surface area (Å²) in [7, 11) is -3.24. The number of hydrogen-bond acceptors (Lipinski definition) is 7. The summed E-state index contributed by atoms with van der Waals surface area (Å²) in [6.45, 7) is 1.09. The van der Waals surface area contributed by atoms with Gasteiger partial charge in [0.05, 0.1) is 30.0 Å². The molecule has 1 fully saturated rings. The number of hydrogen-bond donors (Lipinski definition) is 1. The van der Waals surface area contributed by atoms with Crippen LogP contribution in [0.15, 0.2) is 85.3 Å². The first-order valence-corrected chi connectivity index (χ1v) is 15.2. The molecule has 0 bridgehead atoms. The van der Waals surface area contributed by atoms with Gasteiger partial charge in [-0.05, 0) is 48.4 Å². The molecule has 0 saturated carbocycles. The van der Waals surface area contributed by atoms with Crippen LogP contribution in [-0.4, -0.2) is 65.0 Å². The smallest absolute Gasteiger partial charge is 0.241 e. The first kappa shape index (κ1) is 28.3. The lowest BCUT2D eigenvalue weighted by Gasteiger charge is -2.41. The van der Waals surface area contributed by atoms with Crippen molar-refractivity contribution < 1.29 is 27.4 Å². The molecule has 3 aromatic carbocycles. The maximum atomic E-state index is 13.7. The lowest BCUT2D eigenvalue weighted by molar-refractivity contribution is -0.122. The van der Waals surface area contributed by atoms with Crippen molar-refractivity contribution in [2.75, 3.05) is 30.0 Å². The summed E-state index contributed by atoms with van der Waals surface area (Å²) in [6, 6.07) is 19.6. The Morgan fingerprint density at radius 2 is 1.85 bits per heavy atom. The van der Waals surface area contributed by atoms with Gasteiger partial charge < -0.3 is 19.3 Å². The number of benzene rings is 3. The summed E-state index contributed by atoms with van der Waals surface area (Å²) >= 11 is 0. The predicted octanol–water partition coefficient (Wildman–Crippen LogP) is 4.22. The molecule has 41 heavy (non-hydrogen) atoms. The monoisotopic (exact) mass is 578 g/mol. The Hall–Kier alpha value is -4.22. The Kier molecular flexibility index (Phi) is 8.36. The number of halogens is 1. The van der Waals surface area contributed by atoms with Crippen LogP contribution in [0.2, 0.25) is 0 Å². The highest BCUT2D eigenvalue weighted by Gasteiger charge is 2.35. The molecule has 1 atom stereocenters. The molecule has 1 aliphatic heterocycles. The Morgan fingerprint density at radius 3 is 2.63 bits per heavy atom. The first-order valence-electron chi connectivity index (χ1n) is 13.2. The minimum Gasteiger partial charge on any atom is -0.508 e. The van der Waals surface area contributed by atoms with Crippen molar-refractivity contribution in [1.29, 1.82) is 0 Å². The van der Waals surface area contributed by atoms with E-state index < -0.39 is 9.84 Å². The third kappa shape index (κ3) is 7.30. The van der Waals surface area contributed by atoms with Gasteiger partial charge in [-0.3, -0.25) is 9.69 Å². The molecular formula is C30H31FN4O5S. The number of aromatic hydroxyl groups is 1. The number of anilines is 1. The maximum Gasteiger partial charge on any atom is 0.241 e. The van der Waals surface area contributed by atoms with Crippen molar-refractivity contribution in [3.63, 3.8) is 0 Å². The zero-order chi connectivity index (χ0) is 29.0. The Bertz CT molecular complexity index is 1640. The average molecular weight is 579 g/mol. The molecule has 9 nitrogen and oxygen atoms in total. The molecule has 1 N–H and O–H groups in total. The second-order valence-corrected chi connectivity index (χ2v) is 12.5. The number of aromatic nitrogens is 2. The lowest BCUT2D eigenvalue weighted by Crippen LogP contribution is -2.56. The van der Waals surface area contributed by atoms with Gasteiger partial charge in [0, 0.05) is 44.2 Å². The van der Waals surface area contributed by atoms with Crippen LogP contribution >= 0.6 is 0 Å². The van der Waals surface area contributed by atoms with Gasteiger partial charge in [-0.25, -0.2) is 17.8 Å². The third-order valence-corrected chi connectivity index (χ3v) is 7.96. The highest BCUT2D eigenvalue weighted by Crippen LogP contribution is 2.35. The predicted molar refractivity (Wildman–Crippen MR) is 153 cm³/mol. The lowest BCUT2D eigenvalue weighted by atomic mass is 10.1. The number of ether oxygens (including phenoxy) is 1. The quantitative estimate of drug-likeness (QED) is 0.301. The van der Waals surface area contributed by atoms with Gasteiger partial charge in [-0.15, -0.1) is 0 Å². The van der Waals surface area contributed by atoms with Gasteiger partial charge in [-0.1, -0.05) is 30.3 Å². The van der Waals surface area contributed by atoms with Crippen molar-refractivity contribution in [1.82, 2.24) is 14.5 Å². The van der Waals surface area contributed by atoms with E-state index in [2.05, 4.69) is 4.98 Å². The molecule has 0 radical (unpaired) electrons. The van der Waals surface area contributed by atoms with E-state index in [9.17, 15) is 22.7 Å². The van der Waals surface area contributed by atoms with Crippen molar-refractivity contribution >= 4 is 21.4 Å². The van der Waals surface area contributed by atoms with E-state index in [0.29, 0.717) is 36.7 Å². The molecule has 11 heteroatoms. The molecule has 1 aromatic heterocycles. The number of para-hydroxylation sites is 2. The van der Waals surface area contributed by atoms with Crippen LogP contribution in [0.25, 0.3) is 0 Å². The standard InChI is InChI=1S/C30H31FN4O5S/c1-41(38,39)13-12-24-19-35(28-10-2-3-11-29(28)40-27-9-5-8-26(36)15-27)30(37)20-33(24)18-25-16-32-21-34(25)17-22-6-4-7-23(31)14-22/h2-11,14-16,21,24,36H,12-13,17-20H2,1H3/t24-/m0/s1. The molecule has 1 amide bonds. The van der Waals surface area contributed by atoms with Crippen molar-refractivity contribution in [3.05, 3.63) is 102 Å². The molecule has 0 spiro atoms. The number of carbonyl (C=O) groups excluding carboxylic acids is 1. The van der Waals surface area contributed by atoms with Crippen LogP contribution in [0, 0.1) is 5.82 Å². The number of phenols is 1. The molecule has 4 aromatic rings. The summed E-state index contributed by atoms with van der Waals surface area (Å²) in [6.07, 6.45) is 4.91. The van der Waals surface area contributed by atoms with Gasteiger partial charge in [0.2, 0.25) is 5.91 Å². The fraction of sp³-hybridized carbons (Fsp3) is 0.267. The second kappa shape index (κ2) is 12.1. The number of amides is 1. The zero-order valence-corrected chi connectivity index (χ0v) is 23.4. The van der Waals surface area contributed by atoms with Crippen LogP contribution in [0.5, 0.6) is 17.2 Å². The van der Waals surface area contributed by atoms with Crippen molar-refractivity contribution in [3.8, 4) is 17.2 Å². The largest absolute Gasteiger partial charge is 0.508 e. The number of carbonyl (C=O) groups is 1. The number of sulfone groups is 1. The molecule has 1 aliphatic rings. The highest BCUT2D eigenvalue weighted by molar-refractivity contribution is 7.90. The molecular weight excluding hydrogens is 547 g/mol. The number of rotatable bonds is 10. The molecule has 1 saturated heterocycles. The number of phenolic OH excluding ortho intramolecular Hbond substituents is 1. The van der Waals surface area contributed by atoms with Crippen LogP contribution in [0.3, 0.4) is 0 Å². The number of imidazole rings is 1. The van der Waals surface area contributed by atoms with Gasteiger partial charge in [0.1, 0.15) is 27.2 Å². The Balaban J connectivity index is 1.39. The minimum absolute atomic E-state index is 0.0276. The maximum absolute atomic E-state index is 13.7. The molecule has 0 unspecified atom stereocenters.